The van der Waals surface area contributed by atoms with Crippen LogP contribution in [0.25, 0.3) is 34.1 Å². The summed E-state index contributed by atoms with van der Waals surface area (Å²) in [6.07, 6.45) is 3.16. The predicted molar refractivity (Wildman–Crippen MR) is 128 cm³/mol. The number of likely N-dealkylation sites (tertiary alicyclic amines) is 1. The van der Waals surface area contributed by atoms with Crippen molar-refractivity contribution in [3.05, 3.63) is 66.3 Å². The highest BCUT2D eigenvalue weighted by Gasteiger charge is 2.30. The lowest BCUT2D eigenvalue weighted by atomic mass is 10.1. The van der Waals surface area contributed by atoms with Gasteiger partial charge in [0.1, 0.15) is 22.9 Å². The van der Waals surface area contributed by atoms with Crippen molar-refractivity contribution in [1.29, 1.82) is 0 Å². The second-order valence-electron chi connectivity index (χ2n) is 8.39. The summed E-state index contributed by atoms with van der Waals surface area (Å²) in [5, 5.41) is 15.0. The first-order valence-electron chi connectivity index (χ1n) is 11.4. The maximum atomic E-state index is 12.4. The Labute approximate surface area is 204 Å². The summed E-state index contributed by atoms with van der Waals surface area (Å²) >= 11 is 0. The van der Waals surface area contributed by atoms with Crippen LogP contribution >= 0.6 is 0 Å². The second-order valence-corrected chi connectivity index (χ2v) is 8.39. The molecule has 6 rings (SSSR count). The van der Waals surface area contributed by atoms with E-state index >= 15 is 0 Å². The molecule has 2 N–H and O–H groups in total. The van der Waals surface area contributed by atoms with Crippen LogP contribution in [0, 0.1) is 6.92 Å². The number of nitrogens with one attached hydrogen (secondary N) is 1. The average Bonchev–Trinajstić information content (AvgIpc) is 3.63. The molecule has 0 radical (unpaired) electrons. The molecule has 1 fully saturated rings. The molecule has 0 spiro atoms. The normalized spacial score (nSPS) is 14.5. The highest BCUT2D eigenvalue weighted by molar-refractivity contribution is 5.83. The third kappa shape index (κ3) is 4.05. The van der Waals surface area contributed by atoms with Crippen molar-refractivity contribution in [1.82, 2.24) is 35.0 Å². The minimum Gasteiger partial charge on any atom is -0.455 e. The number of carbonyl (C=O) groups is 1. The number of aryl methyl sites for hydroxylation is 1. The zero-order valence-electron chi connectivity index (χ0n) is 19.3. The third-order valence-electron chi connectivity index (χ3n) is 5.93. The standard InChI is InChI=1S/C25H21N7O4/c1-14-28-24(31-36-14)18-8-7-15(13-27-18)35-21-12-20-19(29-23(30-20)17-5-2-3-9-26-17)11-16(21)25(34)32-10-4-6-22(32)33/h2-3,5,7-9,11-13,25,34H,4,6,10H2,1H3,(H,29,30). The van der Waals surface area contributed by atoms with E-state index in [4.69, 9.17) is 9.26 Å². The molecule has 11 heteroatoms. The fourth-order valence-electron chi connectivity index (χ4n) is 4.17. The smallest absolute Gasteiger partial charge is 0.224 e. The van der Waals surface area contributed by atoms with Crippen LogP contribution in [0.4, 0.5) is 0 Å². The van der Waals surface area contributed by atoms with Gasteiger partial charge in [-0.1, -0.05) is 11.2 Å². The number of hydrogen-bond acceptors (Lipinski definition) is 9. The van der Waals surface area contributed by atoms with Crippen molar-refractivity contribution >= 4 is 16.9 Å². The number of H-pyrrole nitrogens is 1. The number of benzene rings is 1. The molecular formula is C25H21N7O4. The number of pyridine rings is 2. The van der Waals surface area contributed by atoms with E-state index in [0.29, 0.717) is 76.4 Å². The van der Waals surface area contributed by atoms with Gasteiger partial charge in [0, 0.05) is 37.7 Å². The van der Waals surface area contributed by atoms with E-state index in [-0.39, 0.29) is 5.91 Å². The van der Waals surface area contributed by atoms with Crippen LogP contribution in [-0.4, -0.2) is 52.5 Å². The number of aliphatic hydroxyl groups excluding tert-OH is 1. The Balaban J connectivity index is 1.38. The maximum Gasteiger partial charge on any atom is 0.224 e. The molecule has 4 aromatic heterocycles. The van der Waals surface area contributed by atoms with Gasteiger partial charge in [-0.3, -0.25) is 9.78 Å². The van der Waals surface area contributed by atoms with Crippen LogP contribution in [0.1, 0.15) is 30.5 Å². The van der Waals surface area contributed by atoms with Crippen LogP contribution in [-0.2, 0) is 4.79 Å². The Hall–Kier alpha value is -4.64. The highest BCUT2D eigenvalue weighted by Crippen LogP contribution is 2.36. The summed E-state index contributed by atoms with van der Waals surface area (Å²) in [6.45, 7) is 2.18. The van der Waals surface area contributed by atoms with Crippen LogP contribution < -0.4 is 4.74 Å². The summed E-state index contributed by atoms with van der Waals surface area (Å²) in [5.74, 6) is 2.09. The largest absolute Gasteiger partial charge is 0.455 e. The SMILES string of the molecule is Cc1nc(-c2ccc(Oc3cc4nc(-c5ccccn5)[nH]c4cc3C(O)N3CCCC3=O)cn2)no1. The van der Waals surface area contributed by atoms with E-state index in [1.807, 2.05) is 18.2 Å². The topological polar surface area (TPSA) is 143 Å². The molecule has 5 heterocycles. The van der Waals surface area contributed by atoms with E-state index in [0.717, 1.165) is 0 Å². The molecule has 5 aromatic rings. The van der Waals surface area contributed by atoms with Crippen molar-refractivity contribution in [2.24, 2.45) is 0 Å². The molecule has 1 amide bonds. The van der Waals surface area contributed by atoms with Gasteiger partial charge in [-0.25, -0.2) is 9.97 Å². The number of amides is 1. The van der Waals surface area contributed by atoms with Gasteiger partial charge in [0.15, 0.2) is 12.1 Å². The molecule has 36 heavy (non-hydrogen) atoms. The van der Waals surface area contributed by atoms with Crippen LogP contribution in [0.15, 0.2) is 59.4 Å². The molecule has 0 bridgehead atoms. The molecule has 1 aliphatic heterocycles. The van der Waals surface area contributed by atoms with Gasteiger partial charge in [-0.2, -0.15) is 4.98 Å². The van der Waals surface area contributed by atoms with Crippen molar-refractivity contribution in [2.75, 3.05) is 6.54 Å². The molecule has 1 aliphatic rings. The first-order chi connectivity index (χ1) is 17.5. The second kappa shape index (κ2) is 8.86. The number of hydrogen-bond donors (Lipinski definition) is 2. The van der Waals surface area contributed by atoms with Crippen molar-refractivity contribution in [3.8, 4) is 34.5 Å². The molecule has 0 aliphatic carbocycles. The molecule has 11 nitrogen and oxygen atoms in total. The number of fused-ring (bicyclic) bond motifs is 1. The molecule has 180 valence electrons. The number of rotatable bonds is 6. The Bertz CT molecular complexity index is 1550. The molecule has 1 saturated heterocycles. The Morgan fingerprint density at radius 1 is 1.14 bits per heavy atom. The first kappa shape index (κ1) is 21.9. The third-order valence-corrected chi connectivity index (χ3v) is 5.93. The lowest BCUT2D eigenvalue weighted by Gasteiger charge is -2.25. The minimum atomic E-state index is -1.17. The van der Waals surface area contributed by atoms with Gasteiger partial charge < -0.3 is 24.3 Å². The Kier molecular flexibility index (Phi) is 5.38. The summed E-state index contributed by atoms with van der Waals surface area (Å²) in [6, 6.07) is 12.5. The van der Waals surface area contributed by atoms with Gasteiger partial charge in [0.05, 0.1) is 17.2 Å². The zero-order chi connectivity index (χ0) is 24.6. The van der Waals surface area contributed by atoms with E-state index < -0.39 is 6.23 Å². The van der Waals surface area contributed by atoms with Crippen molar-refractivity contribution in [2.45, 2.75) is 26.0 Å². The van der Waals surface area contributed by atoms with Gasteiger partial charge in [0.2, 0.25) is 17.6 Å². The summed E-state index contributed by atoms with van der Waals surface area (Å²) < 4.78 is 11.2. The number of aliphatic hydroxyl groups is 1. The van der Waals surface area contributed by atoms with Gasteiger partial charge in [-0.05, 0) is 36.8 Å². The fourth-order valence-corrected chi connectivity index (χ4v) is 4.17. The summed E-state index contributed by atoms with van der Waals surface area (Å²) in [5.41, 5.74) is 2.96. The predicted octanol–water partition coefficient (Wildman–Crippen LogP) is 3.78. The van der Waals surface area contributed by atoms with Gasteiger partial charge in [0.25, 0.3) is 0 Å². The van der Waals surface area contributed by atoms with Crippen LogP contribution in [0.2, 0.25) is 0 Å². The monoisotopic (exact) mass is 483 g/mol. The van der Waals surface area contributed by atoms with E-state index in [9.17, 15) is 9.90 Å². The molecule has 0 saturated carbocycles. The zero-order valence-corrected chi connectivity index (χ0v) is 19.3. The first-order valence-corrected chi connectivity index (χ1v) is 11.4. The number of ether oxygens (including phenoxy) is 1. The Morgan fingerprint density at radius 3 is 2.75 bits per heavy atom. The van der Waals surface area contributed by atoms with Crippen molar-refractivity contribution in [3.63, 3.8) is 0 Å². The minimum absolute atomic E-state index is 0.103. The van der Waals surface area contributed by atoms with Crippen molar-refractivity contribution < 1.29 is 19.2 Å². The van der Waals surface area contributed by atoms with Crippen LogP contribution in [0.3, 0.4) is 0 Å². The number of imidazole rings is 1. The fraction of sp³-hybridized carbons (Fsp3) is 0.200. The summed E-state index contributed by atoms with van der Waals surface area (Å²) in [7, 11) is 0. The number of nitrogens with zero attached hydrogens (tertiary/aromatic N) is 6. The quantitative estimate of drug-likeness (QED) is 0.369. The van der Waals surface area contributed by atoms with Gasteiger partial charge in [-0.15, -0.1) is 0 Å². The summed E-state index contributed by atoms with van der Waals surface area (Å²) in [4.78, 5) is 34.6. The highest BCUT2D eigenvalue weighted by atomic mass is 16.5. The number of carbonyl (C=O) groups excluding carboxylic acids is 1. The lowest BCUT2D eigenvalue weighted by molar-refractivity contribution is -0.136. The van der Waals surface area contributed by atoms with E-state index in [1.165, 1.54) is 11.1 Å². The molecule has 1 atom stereocenters. The Morgan fingerprint density at radius 2 is 2.06 bits per heavy atom. The van der Waals surface area contributed by atoms with E-state index in [2.05, 4.69) is 30.1 Å². The number of aromatic amines is 1. The maximum absolute atomic E-state index is 12.4. The molecular weight excluding hydrogens is 462 g/mol. The molecule has 1 aromatic carbocycles. The molecule has 1 unspecified atom stereocenters. The number of aromatic nitrogens is 6. The van der Waals surface area contributed by atoms with Gasteiger partial charge >= 0.3 is 0 Å². The van der Waals surface area contributed by atoms with Crippen LogP contribution in [0.5, 0.6) is 11.5 Å². The average molecular weight is 483 g/mol. The lowest BCUT2D eigenvalue weighted by Crippen LogP contribution is -2.29. The van der Waals surface area contributed by atoms with E-state index in [1.54, 1.807) is 37.4 Å².